The van der Waals surface area contributed by atoms with E-state index in [1.165, 1.54) is 0 Å². The van der Waals surface area contributed by atoms with Crippen molar-refractivity contribution < 1.29 is 4.79 Å². The summed E-state index contributed by atoms with van der Waals surface area (Å²) in [7, 11) is 0. The summed E-state index contributed by atoms with van der Waals surface area (Å²) in [5.41, 5.74) is 3.44. The average Bonchev–Trinajstić information content (AvgIpc) is 3.11. The summed E-state index contributed by atoms with van der Waals surface area (Å²) in [5, 5.41) is 12.8. The Bertz CT molecular complexity index is 1200. The molecule has 0 aliphatic heterocycles. The van der Waals surface area contributed by atoms with Crippen molar-refractivity contribution in [2.75, 3.05) is 0 Å². The number of aromatic nitrogens is 4. The van der Waals surface area contributed by atoms with Gasteiger partial charge in [-0.25, -0.2) is 4.52 Å². The summed E-state index contributed by atoms with van der Waals surface area (Å²) in [5.74, 6) is -0.0687. The highest BCUT2D eigenvalue weighted by molar-refractivity contribution is 7.71. The number of nitrogens with one attached hydrogen (secondary N) is 1. The number of carbonyl (C=O) groups is 1. The second-order valence-corrected chi connectivity index (χ2v) is 7.18. The van der Waals surface area contributed by atoms with Gasteiger partial charge in [-0.2, -0.15) is 10.2 Å². The number of H-pyrrole nitrogens is 1. The molecule has 1 N–H and O–H groups in total. The van der Waals surface area contributed by atoms with Crippen molar-refractivity contribution in [1.29, 1.82) is 0 Å². The van der Waals surface area contributed by atoms with Crippen LogP contribution in [0.3, 0.4) is 0 Å². The molecule has 2 aromatic heterocycles. The Labute approximate surface area is 169 Å². The zero-order valence-corrected chi connectivity index (χ0v) is 16.1. The zero-order chi connectivity index (χ0) is 19.0. The first-order valence-corrected chi connectivity index (χ1v) is 9.20. The van der Waals surface area contributed by atoms with Crippen molar-refractivity contribution in [2.45, 2.75) is 6.42 Å². The fourth-order valence-electron chi connectivity index (χ4n) is 2.74. The minimum absolute atomic E-state index is 0.0687. The van der Waals surface area contributed by atoms with Gasteiger partial charge in [-0.3, -0.25) is 9.89 Å². The van der Waals surface area contributed by atoms with Gasteiger partial charge in [-0.1, -0.05) is 35.3 Å². The van der Waals surface area contributed by atoms with Crippen LogP contribution in [0, 0.1) is 4.77 Å². The molecule has 0 aliphatic rings. The predicted octanol–water partition coefficient (Wildman–Crippen LogP) is 5.19. The maximum Gasteiger partial charge on any atom is 0.215 e. The third kappa shape index (κ3) is 3.64. The molecular formula is C19H12Cl2N4OS. The quantitative estimate of drug-likeness (QED) is 0.368. The molecule has 2 aromatic carbocycles. The van der Waals surface area contributed by atoms with E-state index < -0.39 is 0 Å². The van der Waals surface area contributed by atoms with Crippen LogP contribution in [-0.4, -0.2) is 25.6 Å². The summed E-state index contributed by atoms with van der Waals surface area (Å²) >= 11 is 17.1. The largest absolute Gasteiger partial charge is 0.294 e. The lowest BCUT2D eigenvalue weighted by Gasteiger charge is -2.03. The van der Waals surface area contributed by atoms with Crippen LogP contribution in [0.1, 0.15) is 16.1 Å². The molecule has 134 valence electrons. The van der Waals surface area contributed by atoms with Gasteiger partial charge in [0.2, 0.25) is 4.77 Å². The highest BCUT2D eigenvalue weighted by Gasteiger charge is 2.15. The SMILES string of the molecule is O=C(Cc1n[nH]c(=S)n2nc(-c3ccc(Cl)cc3)cc12)c1ccc(Cl)cc1. The van der Waals surface area contributed by atoms with Gasteiger partial charge in [0.15, 0.2) is 5.78 Å². The molecule has 0 aliphatic carbocycles. The first-order valence-electron chi connectivity index (χ1n) is 8.03. The molecule has 0 saturated heterocycles. The Hall–Kier alpha value is -2.54. The fraction of sp³-hybridized carbons (Fsp3) is 0.0526. The lowest BCUT2D eigenvalue weighted by atomic mass is 10.1. The molecule has 0 fully saturated rings. The lowest BCUT2D eigenvalue weighted by molar-refractivity contribution is 0.0992. The molecule has 8 heteroatoms. The van der Waals surface area contributed by atoms with Gasteiger partial charge in [-0.05, 0) is 54.7 Å². The number of benzene rings is 2. The maximum absolute atomic E-state index is 12.6. The summed E-state index contributed by atoms with van der Waals surface area (Å²) in [6.07, 6.45) is 0.114. The van der Waals surface area contributed by atoms with Crippen molar-refractivity contribution in [2.24, 2.45) is 0 Å². The topological polar surface area (TPSA) is 63.0 Å². The number of rotatable bonds is 4. The number of halogens is 2. The Kier molecular flexibility index (Phi) is 4.78. The van der Waals surface area contributed by atoms with Crippen LogP contribution in [-0.2, 0) is 6.42 Å². The summed E-state index contributed by atoms with van der Waals surface area (Å²) in [6, 6.07) is 16.0. The van der Waals surface area contributed by atoms with E-state index in [4.69, 9.17) is 35.4 Å². The number of hydrogen-bond donors (Lipinski definition) is 1. The minimum atomic E-state index is -0.0687. The third-order valence-corrected chi connectivity index (χ3v) is 4.89. The van der Waals surface area contributed by atoms with E-state index in [0.717, 1.165) is 11.3 Å². The van der Waals surface area contributed by atoms with Crippen LogP contribution in [0.2, 0.25) is 10.0 Å². The van der Waals surface area contributed by atoms with Crippen molar-refractivity contribution in [1.82, 2.24) is 19.8 Å². The summed E-state index contributed by atoms with van der Waals surface area (Å²) in [6.45, 7) is 0. The van der Waals surface area contributed by atoms with Gasteiger partial charge < -0.3 is 0 Å². The number of carbonyl (C=O) groups excluding carboxylic acids is 1. The number of hydrogen-bond acceptors (Lipinski definition) is 4. The number of Topliss-reactive ketones (excluding diaryl/α,β-unsaturated/α-hetero) is 1. The Morgan fingerprint density at radius 2 is 1.67 bits per heavy atom. The van der Waals surface area contributed by atoms with Crippen LogP contribution in [0.15, 0.2) is 54.6 Å². The Balaban J connectivity index is 1.74. The molecule has 4 aromatic rings. The average molecular weight is 415 g/mol. The van der Waals surface area contributed by atoms with Crippen LogP contribution < -0.4 is 0 Å². The number of fused-ring (bicyclic) bond motifs is 1. The van der Waals surface area contributed by atoms with E-state index in [2.05, 4.69) is 15.3 Å². The third-order valence-electron chi connectivity index (χ3n) is 4.12. The molecule has 0 saturated carbocycles. The molecular weight excluding hydrogens is 403 g/mol. The van der Waals surface area contributed by atoms with Crippen molar-refractivity contribution in [3.8, 4) is 11.3 Å². The fourth-order valence-corrected chi connectivity index (χ4v) is 3.18. The molecule has 4 rings (SSSR count). The standard InChI is InChI=1S/C19H12Cl2N4OS/c20-13-5-1-11(2-6-13)15-9-17-16(22-23-19(27)25(17)24-15)10-18(26)12-3-7-14(21)8-4-12/h1-9H,10H2,(H,23,27). The summed E-state index contributed by atoms with van der Waals surface area (Å²) in [4.78, 5) is 12.6. The van der Waals surface area contributed by atoms with E-state index in [0.29, 0.717) is 31.6 Å². The van der Waals surface area contributed by atoms with E-state index in [9.17, 15) is 4.79 Å². The van der Waals surface area contributed by atoms with E-state index in [1.54, 1.807) is 40.9 Å². The number of nitrogens with zero attached hydrogens (tertiary/aromatic N) is 3. The van der Waals surface area contributed by atoms with E-state index in [1.807, 2.05) is 18.2 Å². The molecule has 0 bridgehead atoms. The van der Waals surface area contributed by atoms with Gasteiger partial charge in [-0.15, -0.1) is 0 Å². The monoisotopic (exact) mass is 414 g/mol. The van der Waals surface area contributed by atoms with Crippen LogP contribution in [0.4, 0.5) is 0 Å². The number of aromatic amines is 1. The lowest BCUT2D eigenvalue weighted by Crippen LogP contribution is -2.09. The van der Waals surface area contributed by atoms with Crippen molar-refractivity contribution in [3.05, 3.63) is 80.7 Å². The summed E-state index contributed by atoms with van der Waals surface area (Å²) < 4.78 is 1.93. The van der Waals surface area contributed by atoms with Gasteiger partial charge in [0, 0.05) is 21.2 Å². The maximum atomic E-state index is 12.6. The van der Waals surface area contributed by atoms with Crippen LogP contribution in [0.5, 0.6) is 0 Å². The second kappa shape index (κ2) is 7.23. The van der Waals surface area contributed by atoms with Crippen LogP contribution in [0.25, 0.3) is 16.8 Å². The van der Waals surface area contributed by atoms with Crippen molar-refractivity contribution in [3.63, 3.8) is 0 Å². The molecule has 5 nitrogen and oxygen atoms in total. The zero-order valence-electron chi connectivity index (χ0n) is 13.8. The Morgan fingerprint density at radius 3 is 2.33 bits per heavy atom. The van der Waals surface area contributed by atoms with E-state index >= 15 is 0 Å². The van der Waals surface area contributed by atoms with Gasteiger partial charge in [0.1, 0.15) is 0 Å². The van der Waals surface area contributed by atoms with Gasteiger partial charge in [0.25, 0.3) is 0 Å². The van der Waals surface area contributed by atoms with E-state index in [-0.39, 0.29) is 12.2 Å². The molecule has 0 radical (unpaired) electrons. The number of ketones is 1. The normalized spacial score (nSPS) is 11.0. The Morgan fingerprint density at radius 1 is 1.04 bits per heavy atom. The van der Waals surface area contributed by atoms with Crippen molar-refractivity contribution >= 4 is 46.7 Å². The smallest absolute Gasteiger partial charge is 0.215 e. The van der Waals surface area contributed by atoms with Gasteiger partial charge in [0.05, 0.1) is 23.3 Å². The predicted molar refractivity (Wildman–Crippen MR) is 108 cm³/mol. The first-order chi connectivity index (χ1) is 13.0. The molecule has 2 heterocycles. The molecule has 27 heavy (non-hydrogen) atoms. The highest BCUT2D eigenvalue weighted by Crippen LogP contribution is 2.23. The first kappa shape index (κ1) is 17.9. The van der Waals surface area contributed by atoms with Crippen LogP contribution >= 0.6 is 35.4 Å². The highest BCUT2D eigenvalue weighted by atomic mass is 35.5. The molecule has 0 spiro atoms. The molecule has 0 atom stereocenters. The molecule has 0 amide bonds. The molecule has 0 unspecified atom stereocenters. The minimum Gasteiger partial charge on any atom is -0.294 e. The van der Waals surface area contributed by atoms with Gasteiger partial charge >= 0.3 is 0 Å². The second-order valence-electron chi connectivity index (χ2n) is 5.92.